The molecule has 72 heavy (non-hydrogen) atoms. The number of aliphatic hydroxyl groups is 1. The monoisotopic (exact) mass is 1060 g/mol. The predicted molar refractivity (Wildman–Crippen MR) is 293 cm³/mol. The van der Waals surface area contributed by atoms with Crippen molar-refractivity contribution in [3.63, 3.8) is 0 Å². The standard InChI is InChI=1S/C57H102O12Si3/c1-15-25-46-53(69-72(22-8,23-9)24-10)56-55-54(64-46)52-50(65-55)36-57(66-52,67-56)30-28-42-33-39(12)45(61-42)27-26-41-32-38(11)40(13)47(62-41)35-48-44(29-31-58)51(59-14)49(63-48)34-43(68-71(19-5,20-6)21-7)37-60-70(16-2,17-3)18-4/h15,38,41-56,58H,1,12-13,16-37H2,2-11,14H3/t38-,41+,42+,43?,44+,45+,46+,47-,48+,49-,50-,51-,52+,53+,54+,55-,56+,57+/m1/s1. The summed E-state index contributed by atoms with van der Waals surface area (Å²) in [6.07, 6.45) is 8.57. The molecule has 0 spiro atoms. The highest BCUT2D eigenvalue weighted by atomic mass is 28.4. The Morgan fingerprint density at radius 2 is 1.33 bits per heavy atom. The van der Waals surface area contributed by atoms with Gasteiger partial charge in [0.1, 0.15) is 30.5 Å². The lowest BCUT2D eigenvalue weighted by Crippen LogP contribution is -2.62. The van der Waals surface area contributed by atoms with E-state index in [9.17, 15) is 5.11 Å². The van der Waals surface area contributed by atoms with Crippen molar-refractivity contribution in [1.82, 2.24) is 0 Å². The fourth-order valence-electron chi connectivity index (χ4n) is 14.3. The quantitative estimate of drug-likeness (QED) is 0.0525. The van der Waals surface area contributed by atoms with Gasteiger partial charge in [0.2, 0.25) is 0 Å². The summed E-state index contributed by atoms with van der Waals surface area (Å²) in [5, 5.41) is 10.4. The van der Waals surface area contributed by atoms with Gasteiger partial charge < -0.3 is 56.3 Å². The summed E-state index contributed by atoms with van der Waals surface area (Å²) in [4.78, 5) is 0. The molecule has 0 radical (unpaired) electrons. The summed E-state index contributed by atoms with van der Waals surface area (Å²) in [7, 11) is -4.00. The Hall–Kier alpha value is -0.609. The Morgan fingerprint density at radius 3 is 1.96 bits per heavy atom. The molecule has 18 atom stereocenters. The van der Waals surface area contributed by atoms with E-state index in [4.69, 9.17) is 51.2 Å². The Bertz CT molecular complexity index is 1720. The molecule has 0 aromatic carbocycles. The molecule has 0 amide bonds. The molecule has 15 heteroatoms. The van der Waals surface area contributed by atoms with Gasteiger partial charge in [-0.1, -0.05) is 88.5 Å². The fraction of sp³-hybridized carbons (Fsp3) is 0.895. The first-order valence-corrected chi connectivity index (χ1v) is 36.9. The first-order chi connectivity index (χ1) is 34.6. The van der Waals surface area contributed by atoms with Crippen LogP contribution in [0.4, 0.5) is 0 Å². The van der Waals surface area contributed by atoms with Gasteiger partial charge in [-0.2, -0.15) is 0 Å². The van der Waals surface area contributed by atoms with Crippen molar-refractivity contribution in [3.8, 4) is 0 Å². The van der Waals surface area contributed by atoms with Gasteiger partial charge in [0, 0.05) is 45.3 Å². The van der Waals surface area contributed by atoms with E-state index in [0.29, 0.717) is 44.6 Å². The molecule has 12 nitrogen and oxygen atoms in total. The van der Waals surface area contributed by atoms with Gasteiger partial charge >= 0.3 is 0 Å². The molecule has 0 aromatic rings. The van der Waals surface area contributed by atoms with Crippen molar-refractivity contribution in [2.45, 2.75) is 292 Å². The van der Waals surface area contributed by atoms with Crippen molar-refractivity contribution < 1.29 is 56.3 Å². The van der Waals surface area contributed by atoms with Crippen LogP contribution in [0.2, 0.25) is 54.4 Å². The lowest BCUT2D eigenvalue weighted by molar-refractivity contribution is -0.271. The van der Waals surface area contributed by atoms with Crippen LogP contribution in [0, 0.1) is 11.8 Å². The third kappa shape index (κ3) is 12.6. The van der Waals surface area contributed by atoms with E-state index in [1.54, 1.807) is 7.11 Å². The zero-order valence-electron chi connectivity index (χ0n) is 47.0. The zero-order valence-corrected chi connectivity index (χ0v) is 50.0. The maximum absolute atomic E-state index is 10.4. The molecule has 6 bridgehead atoms. The average molecular weight is 1060 g/mol. The van der Waals surface area contributed by atoms with E-state index < -0.39 is 30.7 Å². The largest absolute Gasteiger partial charge is 0.414 e. The maximum atomic E-state index is 10.4. The van der Waals surface area contributed by atoms with Crippen LogP contribution in [0.3, 0.4) is 0 Å². The van der Waals surface area contributed by atoms with E-state index in [2.05, 4.69) is 89.0 Å². The smallest absolute Gasteiger partial charge is 0.192 e. The first kappa shape index (κ1) is 59.1. The van der Waals surface area contributed by atoms with Gasteiger partial charge in [0.15, 0.2) is 30.7 Å². The molecule has 0 saturated carbocycles. The van der Waals surface area contributed by atoms with Crippen molar-refractivity contribution in [1.29, 1.82) is 0 Å². The molecular formula is C57H102O12Si3. The van der Waals surface area contributed by atoms with Gasteiger partial charge in [-0.3, -0.25) is 0 Å². The highest BCUT2D eigenvalue weighted by Crippen LogP contribution is 2.54. The molecule has 1 unspecified atom stereocenters. The van der Waals surface area contributed by atoms with Crippen LogP contribution in [-0.4, -0.2) is 148 Å². The Morgan fingerprint density at radius 1 is 0.694 bits per heavy atom. The van der Waals surface area contributed by atoms with E-state index in [1.807, 2.05) is 6.08 Å². The Labute approximate surface area is 440 Å². The summed E-state index contributed by atoms with van der Waals surface area (Å²) >= 11 is 0. The molecule has 1 N–H and O–H groups in total. The topological polar surface area (TPSA) is 122 Å². The van der Waals surface area contributed by atoms with Crippen LogP contribution in [0.5, 0.6) is 0 Å². The maximum Gasteiger partial charge on any atom is 0.192 e. The molecule has 0 aliphatic carbocycles. The third-order valence-corrected chi connectivity index (χ3v) is 33.7. The second-order valence-electron chi connectivity index (χ2n) is 23.2. The number of hydrogen-bond donors (Lipinski definition) is 1. The van der Waals surface area contributed by atoms with Crippen molar-refractivity contribution >= 4 is 25.0 Å². The second-order valence-corrected chi connectivity index (χ2v) is 37.4. The minimum atomic E-state index is -2.00. The summed E-state index contributed by atoms with van der Waals surface area (Å²) in [6, 6.07) is 9.73. The third-order valence-electron chi connectivity index (χ3n) is 19.7. The zero-order chi connectivity index (χ0) is 52.0. The van der Waals surface area contributed by atoms with Crippen molar-refractivity contribution in [2.24, 2.45) is 11.8 Å². The molecular weight excluding hydrogens is 961 g/mol. The van der Waals surface area contributed by atoms with Crippen molar-refractivity contribution in [3.05, 3.63) is 37.0 Å². The number of aliphatic hydroxyl groups excluding tert-OH is 1. The summed E-state index contributed by atoms with van der Waals surface area (Å²) in [5.41, 5.74) is 2.28. The SMILES string of the molecule is C=CC[C@@H]1O[C@@H]2[C@H]3O[C@@H]4C[C@](CC[C@H]5CC(=C)[C@H](CC[C@H]6C[C@@H](C)C(=C)[C@@H](C[C@@H]7O[C@H](CC(CO[Si](CC)(CC)CC)O[Si](CC)(CC)CC)[C@H](OC)[C@H]7CCO)O6)O5)(O[C@H]3[C@H]1O[Si](CC)(CC)CC)O[C@H]24. The van der Waals surface area contributed by atoms with Crippen LogP contribution in [0.15, 0.2) is 37.0 Å². The van der Waals surface area contributed by atoms with Gasteiger partial charge in [0.05, 0.1) is 67.6 Å². The predicted octanol–water partition coefficient (Wildman–Crippen LogP) is 12.0. The summed E-state index contributed by atoms with van der Waals surface area (Å²) in [5.74, 6) is -0.430. The Kier molecular flexibility index (Phi) is 21.2. The Balaban J connectivity index is 0.961. The molecule has 8 heterocycles. The average Bonchev–Trinajstić information content (AvgIpc) is 4.08. The van der Waals surface area contributed by atoms with Gasteiger partial charge in [-0.25, -0.2) is 0 Å². The lowest BCUT2D eigenvalue weighted by Gasteiger charge is -2.47. The second kappa shape index (κ2) is 25.9. The molecule has 8 rings (SSSR count). The molecule has 8 aliphatic rings. The van der Waals surface area contributed by atoms with Gasteiger partial charge in [-0.05, 0) is 116 Å². The highest BCUT2D eigenvalue weighted by molar-refractivity contribution is 6.74. The number of hydrogen-bond acceptors (Lipinski definition) is 12. The number of rotatable bonds is 31. The van der Waals surface area contributed by atoms with Crippen LogP contribution < -0.4 is 0 Å². The van der Waals surface area contributed by atoms with E-state index in [1.165, 1.54) is 0 Å². The molecule has 8 fully saturated rings. The van der Waals surface area contributed by atoms with Gasteiger partial charge in [0.25, 0.3) is 0 Å². The van der Waals surface area contributed by atoms with Crippen LogP contribution >= 0.6 is 0 Å². The minimum absolute atomic E-state index is 0.0227. The molecule has 8 saturated heterocycles. The van der Waals surface area contributed by atoms with E-state index in [0.717, 1.165) is 104 Å². The number of ether oxygens (including phenoxy) is 8. The summed E-state index contributed by atoms with van der Waals surface area (Å²) in [6.45, 7) is 36.8. The van der Waals surface area contributed by atoms with Crippen molar-refractivity contribution in [2.75, 3.05) is 20.3 Å². The fourth-order valence-corrected chi connectivity index (χ4v) is 22.6. The highest BCUT2D eigenvalue weighted by Gasteiger charge is 2.68. The molecule has 414 valence electrons. The molecule has 8 aliphatic heterocycles. The minimum Gasteiger partial charge on any atom is -0.414 e. The van der Waals surface area contributed by atoms with E-state index in [-0.39, 0.29) is 104 Å². The summed E-state index contributed by atoms with van der Waals surface area (Å²) < 4.78 is 76.5. The lowest BCUT2D eigenvalue weighted by atomic mass is 9.82. The van der Waals surface area contributed by atoms with E-state index >= 15 is 0 Å². The normalized spacial score (nSPS) is 38.3. The number of methoxy groups -OCH3 is 1. The first-order valence-electron chi connectivity index (χ1n) is 29.4. The van der Waals surface area contributed by atoms with Crippen LogP contribution in [0.25, 0.3) is 0 Å². The van der Waals surface area contributed by atoms with Crippen LogP contribution in [-0.2, 0) is 51.2 Å². The van der Waals surface area contributed by atoms with Gasteiger partial charge in [-0.15, -0.1) is 6.58 Å². The van der Waals surface area contributed by atoms with Crippen LogP contribution in [0.1, 0.15) is 140 Å². The molecule has 0 aromatic heterocycles.